The molecule has 1 heterocycles. The lowest BCUT2D eigenvalue weighted by Crippen LogP contribution is -2.41. The number of nitrogens with one attached hydrogen (secondary N) is 1. The average Bonchev–Trinajstić information content (AvgIpc) is 2.29. The smallest absolute Gasteiger partial charge is 0.311 e. The summed E-state index contributed by atoms with van der Waals surface area (Å²) < 4.78 is 5.36. The molecular formula is C13H25NO2. The highest BCUT2D eigenvalue weighted by Crippen LogP contribution is 2.29. The van der Waals surface area contributed by atoms with E-state index in [0.717, 1.165) is 32.4 Å². The molecule has 16 heavy (non-hydrogen) atoms. The first-order chi connectivity index (χ1) is 7.69. The van der Waals surface area contributed by atoms with Crippen molar-refractivity contribution < 1.29 is 9.53 Å². The van der Waals surface area contributed by atoms with Gasteiger partial charge in [0.1, 0.15) is 0 Å². The van der Waals surface area contributed by atoms with Gasteiger partial charge in [0.15, 0.2) is 0 Å². The molecule has 0 aromatic carbocycles. The molecule has 0 aliphatic carbocycles. The highest BCUT2D eigenvalue weighted by molar-refractivity contribution is 5.76. The molecule has 1 fully saturated rings. The summed E-state index contributed by atoms with van der Waals surface area (Å²) in [6.45, 7) is 6.68. The maximum Gasteiger partial charge on any atom is 0.311 e. The second-order valence-corrected chi connectivity index (χ2v) is 5.01. The normalized spacial score (nSPS) is 19.4. The van der Waals surface area contributed by atoms with Gasteiger partial charge in [-0.3, -0.25) is 4.79 Å². The number of ether oxygens (including phenoxy) is 1. The van der Waals surface area contributed by atoms with Crippen LogP contribution in [0.3, 0.4) is 0 Å². The number of carbonyl (C=O) groups excluding carboxylic acids is 1. The van der Waals surface area contributed by atoms with Crippen LogP contribution in [0.1, 0.15) is 52.4 Å². The molecule has 0 unspecified atom stereocenters. The van der Waals surface area contributed by atoms with Gasteiger partial charge in [0.05, 0.1) is 12.0 Å². The van der Waals surface area contributed by atoms with Crippen LogP contribution in [0.4, 0.5) is 0 Å². The van der Waals surface area contributed by atoms with Crippen LogP contribution in [0.2, 0.25) is 0 Å². The molecule has 0 aromatic rings. The van der Waals surface area contributed by atoms with Gasteiger partial charge in [0.2, 0.25) is 0 Å². The van der Waals surface area contributed by atoms with Crippen molar-refractivity contribution in [3.05, 3.63) is 0 Å². The Labute approximate surface area is 98.9 Å². The van der Waals surface area contributed by atoms with Gasteiger partial charge < -0.3 is 10.1 Å². The minimum atomic E-state index is -0.240. The first-order valence-corrected chi connectivity index (χ1v) is 6.57. The Kier molecular flexibility index (Phi) is 5.81. The zero-order valence-corrected chi connectivity index (χ0v) is 10.7. The van der Waals surface area contributed by atoms with Gasteiger partial charge in [-0.2, -0.15) is 0 Å². The minimum absolute atomic E-state index is 0.00509. The molecule has 94 valence electrons. The highest BCUT2D eigenvalue weighted by Gasteiger charge is 2.35. The van der Waals surface area contributed by atoms with Gasteiger partial charge in [0.25, 0.3) is 0 Å². The first-order valence-electron chi connectivity index (χ1n) is 6.57. The fourth-order valence-electron chi connectivity index (χ4n) is 2.05. The summed E-state index contributed by atoms with van der Waals surface area (Å²) in [5, 5.41) is 3.27. The van der Waals surface area contributed by atoms with Crippen LogP contribution in [0.15, 0.2) is 0 Å². The lowest BCUT2D eigenvalue weighted by atomic mass is 9.81. The number of carbonyl (C=O) groups is 1. The van der Waals surface area contributed by atoms with E-state index in [9.17, 15) is 4.79 Å². The molecule has 1 N–H and O–H groups in total. The van der Waals surface area contributed by atoms with Crippen molar-refractivity contribution in [1.82, 2.24) is 5.32 Å². The zero-order valence-electron chi connectivity index (χ0n) is 10.7. The summed E-state index contributed by atoms with van der Waals surface area (Å²) in [5.41, 5.74) is -0.240. The van der Waals surface area contributed by atoms with Gasteiger partial charge in [-0.15, -0.1) is 0 Å². The molecule has 0 aromatic heterocycles. The predicted octanol–water partition coefficient (Wildman–Crippen LogP) is 2.50. The van der Waals surface area contributed by atoms with Gasteiger partial charge >= 0.3 is 5.97 Å². The number of esters is 1. The van der Waals surface area contributed by atoms with Crippen LogP contribution < -0.4 is 5.32 Å². The summed E-state index contributed by atoms with van der Waals surface area (Å²) in [6, 6.07) is 0. The molecule has 0 bridgehead atoms. The maximum atomic E-state index is 11.9. The van der Waals surface area contributed by atoms with E-state index in [0.29, 0.717) is 6.61 Å². The standard InChI is InChI=1S/C13H25NO2/c1-3-4-5-6-11-16-12(15)13(2)7-9-14-10-8-13/h14H,3-11H2,1-2H3. The van der Waals surface area contributed by atoms with E-state index in [1.54, 1.807) is 0 Å². The molecular weight excluding hydrogens is 202 g/mol. The lowest BCUT2D eigenvalue weighted by molar-refractivity contribution is -0.156. The third kappa shape index (κ3) is 4.12. The fourth-order valence-corrected chi connectivity index (χ4v) is 2.05. The van der Waals surface area contributed by atoms with Crippen molar-refractivity contribution >= 4 is 5.97 Å². The van der Waals surface area contributed by atoms with Gasteiger partial charge in [-0.25, -0.2) is 0 Å². The fraction of sp³-hybridized carbons (Fsp3) is 0.923. The number of unbranched alkanes of at least 4 members (excludes halogenated alkanes) is 3. The summed E-state index contributed by atoms with van der Waals surface area (Å²) in [6.07, 6.45) is 6.44. The van der Waals surface area contributed by atoms with Crippen molar-refractivity contribution in [3.8, 4) is 0 Å². The van der Waals surface area contributed by atoms with Crippen molar-refractivity contribution in [1.29, 1.82) is 0 Å². The quantitative estimate of drug-likeness (QED) is 0.559. The average molecular weight is 227 g/mol. The molecule has 0 amide bonds. The monoisotopic (exact) mass is 227 g/mol. The number of hydrogen-bond donors (Lipinski definition) is 1. The number of piperidine rings is 1. The highest BCUT2D eigenvalue weighted by atomic mass is 16.5. The molecule has 1 rings (SSSR count). The van der Waals surface area contributed by atoms with Crippen LogP contribution in [0.5, 0.6) is 0 Å². The molecule has 0 radical (unpaired) electrons. The zero-order chi connectivity index (χ0) is 11.9. The van der Waals surface area contributed by atoms with Crippen molar-refractivity contribution in [3.63, 3.8) is 0 Å². The molecule has 1 aliphatic heterocycles. The maximum absolute atomic E-state index is 11.9. The van der Waals surface area contributed by atoms with Crippen LogP contribution in [0, 0.1) is 5.41 Å². The number of rotatable bonds is 6. The summed E-state index contributed by atoms with van der Waals surface area (Å²) in [5.74, 6) is 0.00509. The molecule has 0 spiro atoms. The second-order valence-electron chi connectivity index (χ2n) is 5.01. The molecule has 1 saturated heterocycles. The minimum Gasteiger partial charge on any atom is -0.465 e. The Morgan fingerprint density at radius 1 is 1.25 bits per heavy atom. The molecule has 0 saturated carbocycles. The van der Waals surface area contributed by atoms with E-state index in [1.807, 2.05) is 6.92 Å². The molecule has 0 atom stereocenters. The Hall–Kier alpha value is -0.570. The van der Waals surface area contributed by atoms with E-state index >= 15 is 0 Å². The second kappa shape index (κ2) is 6.89. The van der Waals surface area contributed by atoms with Crippen molar-refractivity contribution in [2.45, 2.75) is 52.4 Å². The summed E-state index contributed by atoms with van der Waals surface area (Å²) in [7, 11) is 0. The van der Waals surface area contributed by atoms with Gasteiger partial charge in [-0.05, 0) is 39.3 Å². The van der Waals surface area contributed by atoms with Crippen LogP contribution in [-0.2, 0) is 9.53 Å². The van der Waals surface area contributed by atoms with E-state index in [4.69, 9.17) is 4.74 Å². The van der Waals surface area contributed by atoms with Crippen molar-refractivity contribution in [2.75, 3.05) is 19.7 Å². The third-order valence-corrected chi connectivity index (χ3v) is 3.43. The van der Waals surface area contributed by atoms with Gasteiger partial charge in [0, 0.05) is 0 Å². The Morgan fingerprint density at radius 3 is 2.56 bits per heavy atom. The molecule has 1 aliphatic rings. The van der Waals surface area contributed by atoms with E-state index in [2.05, 4.69) is 12.2 Å². The molecule has 3 heteroatoms. The van der Waals surface area contributed by atoms with E-state index < -0.39 is 0 Å². The topological polar surface area (TPSA) is 38.3 Å². The van der Waals surface area contributed by atoms with Crippen LogP contribution in [-0.4, -0.2) is 25.7 Å². The van der Waals surface area contributed by atoms with Crippen LogP contribution in [0.25, 0.3) is 0 Å². The summed E-state index contributed by atoms with van der Waals surface area (Å²) in [4.78, 5) is 11.9. The SMILES string of the molecule is CCCCCCOC(=O)C1(C)CCNCC1. The molecule has 3 nitrogen and oxygen atoms in total. The largest absolute Gasteiger partial charge is 0.465 e. The Morgan fingerprint density at radius 2 is 1.94 bits per heavy atom. The predicted molar refractivity (Wildman–Crippen MR) is 65.3 cm³/mol. The third-order valence-electron chi connectivity index (χ3n) is 3.43. The van der Waals surface area contributed by atoms with E-state index in [-0.39, 0.29) is 11.4 Å². The Bertz CT molecular complexity index is 210. The Balaban J connectivity index is 2.18. The van der Waals surface area contributed by atoms with Gasteiger partial charge in [-0.1, -0.05) is 26.2 Å². The van der Waals surface area contributed by atoms with E-state index in [1.165, 1.54) is 19.3 Å². The van der Waals surface area contributed by atoms with Crippen molar-refractivity contribution in [2.24, 2.45) is 5.41 Å². The van der Waals surface area contributed by atoms with Crippen LogP contribution >= 0.6 is 0 Å². The number of hydrogen-bond acceptors (Lipinski definition) is 3. The lowest BCUT2D eigenvalue weighted by Gasteiger charge is -2.31. The first kappa shape index (κ1) is 13.5. The summed E-state index contributed by atoms with van der Waals surface area (Å²) >= 11 is 0.